The third kappa shape index (κ3) is 6.42. The molecule has 0 saturated carbocycles. The average molecular weight is 496 g/mol. The highest BCUT2D eigenvalue weighted by molar-refractivity contribution is 5.99. The van der Waals surface area contributed by atoms with Crippen molar-refractivity contribution in [1.82, 2.24) is 9.97 Å². The predicted molar refractivity (Wildman–Crippen MR) is 145 cm³/mol. The SMILES string of the molecule is C[C@H]1COCCN1c1cc(COc2ccccc2)nc(-c2ccc(NC(=O)Nc3ccccc3)cc2)n1. The van der Waals surface area contributed by atoms with Crippen molar-refractivity contribution in [2.45, 2.75) is 19.6 Å². The van der Waals surface area contributed by atoms with Gasteiger partial charge in [0.15, 0.2) is 5.82 Å². The second kappa shape index (κ2) is 11.5. The van der Waals surface area contributed by atoms with Gasteiger partial charge in [0, 0.05) is 29.5 Å². The van der Waals surface area contributed by atoms with Crippen LogP contribution >= 0.6 is 0 Å². The van der Waals surface area contributed by atoms with Crippen LogP contribution in [-0.2, 0) is 11.3 Å². The lowest BCUT2D eigenvalue weighted by Crippen LogP contribution is -2.44. The highest BCUT2D eigenvalue weighted by atomic mass is 16.5. The van der Waals surface area contributed by atoms with Crippen LogP contribution in [0.3, 0.4) is 0 Å². The minimum atomic E-state index is -0.307. The summed E-state index contributed by atoms with van der Waals surface area (Å²) in [4.78, 5) is 24.3. The molecule has 3 aromatic carbocycles. The number of carbonyl (C=O) groups excluding carboxylic acids is 1. The molecule has 0 unspecified atom stereocenters. The molecule has 0 aliphatic carbocycles. The van der Waals surface area contributed by atoms with Crippen molar-refractivity contribution < 1.29 is 14.3 Å². The van der Waals surface area contributed by atoms with Crippen molar-refractivity contribution in [3.63, 3.8) is 0 Å². The second-order valence-electron chi connectivity index (χ2n) is 8.78. The number of nitrogens with one attached hydrogen (secondary N) is 2. The van der Waals surface area contributed by atoms with Gasteiger partial charge in [0.25, 0.3) is 0 Å². The van der Waals surface area contributed by atoms with Gasteiger partial charge in [-0.2, -0.15) is 0 Å². The topological polar surface area (TPSA) is 88.6 Å². The van der Waals surface area contributed by atoms with Crippen LogP contribution in [0.4, 0.5) is 22.0 Å². The Morgan fingerprint density at radius 3 is 2.32 bits per heavy atom. The predicted octanol–water partition coefficient (Wildman–Crippen LogP) is 5.59. The van der Waals surface area contributed by atoms with Gasteiger partial charge in [-0.1, -0.05) is 36.4 Å². The van der Waals surface area contributed by atoms with Crippen molar-refractivity contribution >= 4 is 23.2 Å². The minimum absolute atomic E-state index is 0.203. The van der Waals surface area contributed by atoms with Crippen molar-refractivity contribution in [2.75, 3.05) is 35.3 Å². The van der Waals surface area contributed by atoms with E-state index in [9.17, 15) is 4.79 Å². The average Bonchev–Trinajstić information content (AvgIpc) is 2.93. The van der Waals surface area contributed by atoms with Gasteiger partial charge < -0.3 is 25.0 Å². The zero-order valence-electron chi connectivity index (χ0n) is 20.6. The first-order valence-corrected chi connectivity index (χ1v) is 12.3. The third-order valence-corrected chi connectivity index (χ3v) is 5.99. The second-order valence-corrected chi connectivity index (χ2v) is 8.78. The first-order chi connectivity index (χ1) is 18.1. The molecular formula is C29H29N5O3. The van der Waals surface area contributed by atoms with E-state index in [4.69, 9.17) is 19.4 Å². The molecule has 8 heteroatoms. The van der Waals surface area contributed by atoms with Gasteiger partial charge in [0.05, 0.1) is 24.9 Å². The summed E-state index contributed by atoms with van der Waals surface area (Å²) in [6, 6.07) is 28.4. The molecule has 0 bridgehead atoms. The summed E-state index contributed by atoms with van der Waals surface area (Å²) in [6.45, 7) is 4.52. The molecule has 2 heterocycles. The number of carbonyl (C=O) groups is 1. The molecule has 37 heavy (non-hydrogen) atoms. The van der Waals surface area contributed by atoms with Crippen LogP contribution in [0.15, 0.2) is 91.0 Å². The Bertz CT molecular complexity index is 1320. The highest BCUT2D eigenvalue weighted by Gasteiger charge is 2.22. The molecule has 1 atom stereocenters. The molecule has 188 valence electrons. The van der Waals surface area contributed by atoms with Crippen molar-refractivity contribution in [3.05, 3.63) is 96.7 Å². The van der Waals surface area contributed by atoms with E-state index in [0.29, 0.717) is 31.3 Å². The molecule has 5 rings (SSSR count). The lowest BCUT2D eigenvalue weighted by Gasteiger charge is -2.34. The zero-order chi connectivity index (χ0) is 25.5. The summed E-state index contributed by atoms with van der Waals surface area (Å²) in [5.41, 5.74) is 3.02. The molecule has 4 aromatic rings. The number of benzene rings is 3. The van der Waals surface area contributed by atoms with E-state index < -0.39 is 0 Å². The van der Waals surface area contributed by atoms with Crippen LogP contribution in [0.1, 0.15) is 12.6 Å². The van der Waals surface area contributed by atoms with Crippen molar-refractivity contribution in [3.8, 4) is 17.1 Å². The van der Waals surface area contributed by atoms with E-state index in [1.165, 1.54) is 0 Å². The highest BCUT2D eigenvalue weighted by Crippen LogP contribution is 2.25. The molecule has 1 aliphatic heterocycles. The summed E-state index contributed by atoms with van der Waals surface area (Å²) >= 11 is 0. The summed E-state index contributed by atoms with van der Waals surface area (Å²) in [5.74, 6) is 2.23. The van der Waals surface area contributed by atoms with Crippen LogP contribution < -0.4 is 20.3 Å². The number of para-hydroxylation sites is 2. The van der Waals surface area contributed by atoms with E-state index in [1.807, 2.05) is 91.0 Å². The smallest absolute Gasteiger partial charge is 0.323 e. The van der Waals surface area contributed by atoms with Gasteiger partial charge in [-0.15, -0.1) is 0 Å². The molecule has 8 nitrogen and oxygen atoms in total. The van der Waals surface area contributed by atoms with E-state index in [1.54, 1.807) is 0 Å². The third-order valence-electron chi connectivity index (χ3n) is 5.99. The maximum absolute atomic E-state index is 12.3. The Morgan fingerprint density at radius 1 is 0.946 bits per heavy atom. The van der Waals surface area contributed by atoms with Gasteiger partial charge in [0.1, 0.15) is 18.2 Å². The maximum Gasteiger partial charge on any atom is 0.323 e. The Morgan fingerprint density at radius 2 is 1.62 bits per heavy atom. The number of hydrogen-bond donors (Lipinski definition) is 2. The fraction of sp³-hybridized carbons (Fsp3) is 0.207. The number of amides is 2. The molecule has 2 amide bonds. The summed E-state index contributed by atoms with van der Waals surface area (Å²) < 4.78 is 11.6. The normalized spacial score (nSPS) is 15.2. The van der Waals surface area contributed by atoms with Gasteiger partial charge in [-0.25, -0.2) is 14.8 Å². The number of nitrogens with zero attached hydrogens (tertiary/aromatic N) is 3. The number of urea groups is 1. The minimum Gasteiger partial charge on any atom is -0.487 e. The lowest BCUT2D eigenvalue weighted by atomic mass is 10.2. The lowest BCUT2D eigenvalue weighted by molar-refractivity contribution is 0.0985. The summed E-state index contributed by atoms with van der Waals surface area (Å²) in [7, 11) is 0. The van der Waals surface area contributed by atoms with Crippen molar-refractivity contribution in [1.29, 1.82) is 0 Å². The number of anilines is 3. The number of rotatable bonds is 7. The van der Waals surface area contributed by atoms with Gasteiger partial charge in [0.2, 0.25) is 0 Å². The number of aromatic nitrogens is 2. The Kier molecular flexibility index (Phi) is 7.57. The van der Waals surface area contributed by atoms with Crippen LogP contribution in [0.25, 0.3) is 11.4 Å². The van der Waals surface area contributed by atoms with Crippen LogP contribution in [0.2, 0.25) is 0 Å². The first kappa shape index (κ1) is 24.3. The molecule has 2 N–H and O–H groups in total. The Labute approximate surface area is 216 Å². The molecule has 1 aliphatic rings. The van der Waals surface area contributed by atoms with Crippen LogP contribution in [0, 0.1) is 0 Å². The Hall–Kier alpha value is -4.43. The van der Waals surface area contributed by atoms with Crippen LogP contribution in [0.5, 0.6) is 5.75 Å². The zero-order valence-corrected chi connectivity index (χ0v) is 20.6. The Balaban J connectivity index is 1.35. The van der Waals surface area contributed by atoms with Gasteiger partial charge >= 0.3 is 6.03 Å². The fourth-order valence-electron chi connectivity index (χ4n) is 4.09. The largest absolute Gasteiger partial charge is 0.487 e. The molecule has 1 fully saturated rings. The molecule has 0 radical (unpaired) electrons. The first-order valence-electron chi connectivity index (χ1n) is 12.3. The molecule has 1 aromatic heterocycles. The van der Waals surface area contributed by atoms with Gasteiger partial charge in [-0.05, 0) is 55.5 Å². The number of ether oxygens (including phenoxy) is 2. The molecular weight excluding hydrogens is 466 g/mol. The van der Waals surface area contributed by atoms with E-state index in [2.05, 4.69) is 22.5 Å². The van der Waals surface area contributed by atoms with Crippen LogP contribution in [-0.4, -0.2) is 41.8 Å². The van der Waals surface area contributed by atoms with E-state index >= 15 is 0 Å². The molecule has 0 spiro atoms. The van der Waals surface area contributed by atoms with E-state index in [0.717, 1.165) is 35.1 Å². The summed E-state index contributed by atoms with van der Waals surface area (Å²) in [6.07, 6.45) is 0. The molecule has 1 saturated heterocycles. The summed E-state index contributed by atoms with van der Waals surface area (Å²) in [5, 5.41) is 5.67. The monoisotopic (exact) mass is 495 g/mol. The van der Waals surface area contributed by atoms with E-state index in [-0.39, 0.29) is 12.1 Å². The fourth-order valence-corrected chi connectivity index (χ4v) is 4.09. The van der Waals surface area contributed by atoms with Crippen molar-refractivity contribution in [2.24, 2.45) is 0 Å². The quantitative estimate of drug-likeness (QED) is 0.347. The standard InChI is InChI=1S/C29H29N5O3/c1-21-19-36-17-16-34(21)27-18-25(20-37-26-10-6-3-7-11-26)30-28(33-27)22-12-14-24(15-13-22)32-29(35)31-23-8-4-2-5-9-23/h2-15,18,21H,16-17,19-20H2,1H3,(H2,31,32,35)/t21-/m0/s1. The number of morpholine rings is 1. The maximum atomic E-state index is 12.3. The van der Waals surface area contributed by atoms with Gasteiger partial charge in [-0.3, -0.25) is 0 Å². The number of hydrogen-bond acceptors (Lipinski definition) is 6.